The summed E-state index contributed by atoms with van der Waals surface area (Å²) in [7, 11) is 0. The van der Waals surface area contributed by atoms with Gasteiger partial charge in [-0.3, -0.25) is 9.59 Å². The molecule has 0 unspecified atom stereocenters. The van der Waals surface area contributed by atoms with Crippen LogP contribution in [0.2, 0.25) is 0 Å². The first-order valence-electron chi connectivity index (χ1n) is 8.12. The molecule has 2 aliphatic rings. The van der Waals surface area contributed by atoms with Crippen LogP contribution in [0, 0.1) is 11.3 Å². The van der Waals surface area contributed by atoms with Gasteiger partial charge in [-0.1, -0.05) is 27.2 Å². The standard InChI is InChI=1S/C16H29N3O2.ClH/c1-16(2,3)15(21)19-9-7-18(8-10-19)14(20)11-12-5-4-6-13(12)17;/h12-13H,4-11,17H2,1-3H3;1H/t12-,13+;/m0./s1. The molecule has 2 rings (SSSR count). The number of amides is 2. The SMILES string of the molecule is CC(C)(C)C(=O)N1CCN(C(=O)C[C@@H]2CCC[C@H]2N)CC1.Cl. The summed E-state index contributed by atoms with van der Waals surface area (Å²) in [4.78, 5) is 28.3. The Kier molecular flexibility index (Phi) is 6.68. The number of halogens is 1. The van der Waals surface area contributed by atoms with Gasteiger partial charge >= 0.3 is 0 Å². The van der Waals surface area contributed by atoms with Crippen LogP contribution in [0.3, 0.4) is 0 Å². The van der Waals surface area contributed by atoms with Crippen molar-refractivity contribution in [1.82, 2.24) is 9.80 Å². The number of nitrogens with zero attached hydrogens (tertiary/aromatic N) is 2. The lowest BCUT2D eigenvalue weighted by Gasteiger charge is -2.38. The monoisotopic (exact) mass is 331 g/mol. The Morgan fingerprint density at radius 3 is 2.05 bits per heavy atom. The molecule has 0 spiro atoms. The topological polar surface area (TPSA) is 66.6 Å². The second-order valence-corrected chi connectivity index (χ2v) is 7.48. The van der Waals surface area contributed by atoms with Crippen molar-refractivity contribution in [2.24, 2.45) is 17.1 Å². The minimum Gasteiger partial charge on any atom is -0.339 e. The normalized spacial score (nSPS) is 25.8. The zero-order valence-electron chi connectivity index (χ0n) is 14.0. The molecule has 1 aliphatic heterocycles. The lowest BCUT2D eigenvalue weighted by molar-refractivity contribution is -0.145. The average molecular weight is 332 g/mol. The molecule has 5 nitrogen and oxygen atoms in total. The van der Waals surface area contributed by atoms with E-state index in [1.54, 1.807) is 0 Å². The molecule has 2 N–H and O–H groups in total. The third-order valence-electron chi connectivity index (χ3n) is 4.72. The van der Waals surface area contributed by atoms with Gasteiger partial charge in [0.05, 0.1) is 0 Å². The van der Waals surface area contributed by atoms with E-state index in [0.29, 0.717) is 38.5 Å². The van der Waals surface area contributed by atoms with Crippen molar-refractivity contribution in [3.8, 4) is 0 Å². The van der Waals surface area contributed by atoms with Crippen molar-refractivity contribution in [3.63, 3.8) is 0 Å². The van der Waals surface area contributed by atoms with Crippen LogP contribution < -0.4 is 5.73 Å². The van der Waals surface area contributed by atoms with E-state index >= 15 is 0 Å². The van der Waals surface area contributed by atoms with E-state index in [-0.39, 0.29) is 35.7 Å². The highest BCUT2D eigenvalue weighted by Crippen LogP contribution is 2.27. The number of carbonyl (C=O) groups excluding carboxylic acids is 2. The molecule has 128 valence electrons. The van der Waals surface area contributed by atoms with Crippen molar-refractivity contribution < 1.29 is 9.59 Å². The summed E-state index contributed by atoms with van der Waals surface area (Å²) < 4.78 is 0. The summed E-state index contributed by atoms with van der Waals surface area (Å²) in [5.74, 6) is 0.736. The van der Waals surface area contributed by atoms with Crippen molar-refractivity contribution in [1.29, 1.82) is 0 Å². The van der Waals surface area contributed by atoms with E-state index in [1.807, 2.05) is 30.6 Å². The highest BCUT2D eigenvalue weighted by atomic mass is 35.5. The van der Waals surface area contributed by atoms with Gasteiger partial charge in [-0.25, -0.2) is 0 Å². The largest absolute Gasteiger partial charge is 0.339 e. The summed E-state index contributed by atoms with van der Waals surface area (Å²) in [5.41, 5.74) is 5.70. The Morgan fingerprint density at radius 1 is 1.05 bits per heavy atom. The molecule has 1 aliphatic carbocycles. The third kappa shape index (κ3) is 4.59. The fourth-order valence-corrected chi connectivity index (χ4v) is 3.31. The van der Waals surface area contributed by atoms with Gasteiger partial charge in [0.15, 0.2) is 0 Å². The van der Waals surface area contributed by atoms with Gasteiger partial charge in [0.1, 0.15) is 0 Å². The summed E-state index contributed by atoms with van der Waals surface area (Å²) >= 11 is 0. The fraction of sp³-hybridized carbons (Fsp3) is 0.875. The van der Waals surface area contributed by atoms with Crippen LogP contribution in [0.1, 0.15) is 46.5 Å². The highest BCUT2D eigenvalue weighted by molar-refractivity contribution is 5.85. The summed E-state index contributed by atoms with van der Waals surface area (Å²) in [6, 6.07) is 0.192. The average Bonchev–Trinajstić information content (AvgIpc) is 2.82. The molecule has 1 saturated heterocycles. The van der Waals surface area contributed by atoms with E-state index in [1.165, 1.54) is 0 Å². The maximum absolute atomic E-state index is 12.3. The number of rotatable bonds is 2. The zero-order chi connectivity index (χ0) is 15.6. The van der Waals surface area contributed by atoms with Gasteiger partial charge in [0.25, 0.3) is 0 Å². The molecular weight excluding hydrogens is 302 g/mol. The molecular formula is C16H30ClN3O2. The molecule has 0 aromatic carbocycles. The first kappa shape index (κ1) is 19.2. The van der Waals surface area contributed by atoms with Gasteiger partial charge < -0.3 is 15.5 Å². The van der Waals surface area contributed by atoms with Crippen molar-refractivity contribution in [2.75, 3.05) is 26.2 Å². The minimum atomic E-state index is -0.344. The van der Waals surface area contributed by atoms with Crippen molar-refractivity contribution in [3.05, 3.63) is 0 Å². The molecule has 2 atom stereocenters. The number of nitrogens with two attached hydrogens (primary N) is 1. The maximum Gasteiger partial charge on any atom is 0.228 e. The van der Waals surface area contributed by atoms with E-state index in [0.717, 1.165) is 19.3 Å². The van der Waals surface area contributed by atoms with Crippen LogP contribution >= 0.6 is 12.4 Å². The second kappa shape index (κ2) is 7.64. The van der Waals surface area contributed by atoms with E-state index < -0.39 is 0 Å². The molecule has 0 radical (unpaired) electrons. The molecule has 0 aromatic heterocycles. The lowest BCUT2D eigenvalue weighted by atomic mass is 9.94. The molecule has 6 heteroatoms. The van der Waals surface area contributed by atoms with Crippen LogP contribution in [-0.4, -0.2) is 53.8 Å². The molecule has 0 aromatic rings. The van der Waals surface area contributed by atoms with Gasteiger partial charge in [-0.2, -0.15) is 0 Å². The zero-order valence-corrected chi connectivity index (χ0v) is 14.8. The number of hydrogen-bond donors (Lipinski definition) is 1. The third-order valence-corrected chi connectivity index (χ3v) is 4.72. The Labute approximate surface area is 140 Å². The van der Waals surface area contributed by atoms with Crippen molar-refractivity contribution in [2.45, 2.75) is 52.5 Å². The molecule has 2 fully saturated rings. The molecule has 2 amide bonds. The predicted molar refractivity (Wildman–Crippen MR) is 89.8 cm³/mol. The van der Waals surface area contributed by atoms with E-state index in [4.69, 9.17) is 5.73 Å². The molecule has 1 saturated carbocycles. The van der Waals surface area contributed by atoms with E-state index in [2.05, 4.69) is 0 Å². The van der Waals surface area contributed by atoms with Crippen LogP contribution in [0.5, 0.6) is 0 Å². The number of piperazine rings is 1. The minimum absolute atomic E-state index is 0. The van der Waals surface area contributed by atoms with Crippen LogP contribution in [-0.2, 0) is 9.59 Å². The van der Waals surface area contributed by atoms with Crippen LogP contribution in [0.25, 0.3) is 0 Å². The van der Waals surface area contributed by atoms with Crippen LogP contribution in [0.15, 0.2) is 0 Å². The van der Waals surface area contributed by atoms with E-state index in [9.17, 15) is 9.59 Å². The summed E-state index contributed by atoms with van der Waals surface area (Å²) in [5, 5.41) is 0. The Balaban J connectivity index is 0.00000242. The first-order valence-corrected chi connectivity index (χ1v) is 8.12. The number of carbonyl (C=O) groups is 2. The van der Waals surface area contributed by atoms with Gasteiger partial charge in [0.2, 0.25) is 11.8 Å². The van der Waals surface area contributed by atoms with Gasteiger partial charge in [-0.05, 0) is 18.8 Å². The van der Waals surface area contributed by atoms with Crippen LogP contribution in [0.4, 0.5) is 0 Å². The lowest BCUT2D eigenvalue weighted by Crippen LogP contribution is -2.53. The Hall–Kier alpha value is -0.810. The van der Waals surface area contributed by atoms with Crippen molar-refractivity contribution >= 4 is 24.2 Å². The van der Waals surface area contributed by atoms with Gasteiger partial charge in [-0.15, -0.1) is 12.4 Å². The number of hydrogen-bond acceptors (Lipinski definition) is 3. The second-order valence-electron chi connectivity index (χ2n) is 7.48. The quantitative estimate of drug-likeness (QED) is 0.836. The molecule has 1 heterocycles. The Morgan fingerprint density at radius 2 is 1.59 bits per heavy atom. The summed E-state index contributed by atoms with van der Waals surface area (Å²) in [6.45, 7) is 8.43. The molecule has 0 bridgehead atoms. The summed E-state index contributed by atoms with van der Waals surface area (Å²) in [6.07, 6.45) is 3.85. The fourth-order valence-electron chi connectivity index (χ4n) is 3.31. The highest BCUT2D eigenvalue weighted by Gasteiger charge is 2.32. The van der Waals surface area contributed by atoms with Gasteiger partial charge in [0, 0.05) is 44.1 Å². The predicted octanol–water partition coefficient (Wildman–Crippen LogP) is 1.64. The maximum atomic E-state index is 12.3. The molecule has 22 heavy (non-hydrogen) atoms. The smallest absolute Gasteiger partial charge is 0.228 e. The Bertz CT molecular complexity index is 401. The first-order chi connectivity index (χ1) is 9.79.